The van der Waals surface area contributed by atoms with E-state index in [1.165, 1.54) is 0 Å². The van der Waals surface area contributed by atoms with Gasteiger partial charge in [-0.25, -0.2) is 4.79 Å². The Morgan fingerprint density at radius 2 is 1.86 bits per heavy atom. The molecule has 1 heterocycles. The highest BCUT2D eigenvalue weighted by Crippen LogP contribution is 2.14. The van der Waals surface area contributed by atoms with E-state index in [0.29, 0.717) is 26.3 Å². The van der Waals surface area contributed by atoms with Crippen LogP contribution in [0.4, 0.5) is 4.79 Å². The van der Waals surface area contributed by atoms with E-state index < -0.39 is 17.7 Å². The molecule has 1 fully saturated rings. The molecular weight excluding hydrogens is 272 g/mol. The fourth-order valence-corrected chi connectivity index (χ4v) is 2.10. The van der Waals surface area contributed by atoms with E-state index in [1.54, 1.807) is 25.7 Å². The molecule has 0 spiro atoms. The summed E-state index contributed by atoms with van der Waals surface area (Å²) in [7, 11) is 0. The van der Waals surface area contributed by atoms with Crippen LogP contribution in [0, 0.1) is 5.92 Å². The molecule has 122 valence electrons. The second kappa shape index (κ2) is 7.64. The third-order valence-corrected chi connectivity index (χ3v) is 3.47. The smallest absolute Gasteiger partial charge is 0.408 e. The highest BCUT2D eigenvalue weighted by atomic mass is 16.6. The van der Waals surface area contributed by atoms with E-state index in [-0.39, 0.29) is 11.8 Å². The van der Waals surface area contributed by atoms with Gasteiger partial charge in [-0.3, -0.25) is 4.79 Å². The number of amides is 2. The Hall–Kier alpha value is -1.30. The number of hydrogen-bond acceptors (Lipinski definition) is 4. The van der Waals surface area contributed by atoms with Crippen LogP contribution in [0.25, 0.3) is 0 Å². The minimum atomic E-state index is -0.577. The van der Waals surface area contributed by atoms with Gasteiger partial charge in [0, 0.05) is 13.1 Å². The van der Waals surface area contributed by atoms with Crippen LogP contribution in [0.15, 0.2) is 0 Å². The molecule has 0 bridgehead atoms. The van der Waals surface area contributed by atoms with Gasteiger partial charge in [-0.2, -0.15) is 0 Å². The van der Waals surface area contributed by atoms with Crippen molar-refractivity contribution < 1.29 is 19.1 Å². The lowest BCUT2D eigenvalue weighted by Crippen LogP contribution is -2.54. The van der Waals surface area contributed by atoms with Crippen LogP contribution in [0.1, 0.15) is 41.0 Å². The van der Waals surface area contributed by atoms with Crippen LogP contribution < -0.4 is 5.32 Å². The Bertz CT molecular complexity index is 359. The summed E-state index contributed by atoms with van der Waals surface area (Å²) in [6, 6.07) is -0.553. The number of hydrogen-bond donors (Lipinski definition) is 1. The fraction of sp³-hybridized carbons (Fsp3) is 0.867. The van der Waals surface area contributed by atoms with Crippen molar-refractivity contribution >= 4 is 12.0 Å². The summed E-state index contributed by atoms with van der Waals surface area (Å²) in [5.41, 5.74) is -0.577. The van der Waals surface area contributed by atoms with Crippen LogP contribution in [0.5, 0.6) is 0 Å². The van der Waals surface area contributed by atoms with Gasteiger partial charge in [0.15, 0.2) is 0 Å². The summed E-state index contributed by atoms with van der Waals surface area (Å²) in [4.78, 5) is 26.3. The van der Waals surface area contributed by atoms with Gasteiger partial charge in [-0.15, -0.1) is 0 Å². The van der Waals surface area contributed by atoms with Crippen LogP contribution in [0.3, 0.4) is 0 Å². The topological polar surface area (TPSA) is 67.9 Å². The van der Waals surface area contributed by atoms with E-state index in [0.717, 1.165) is 6.42 Å². The molecular formula is C15H28N2O4. The van der Waals surface area contributed by atoms with Gasteiger partial charge >= 0.3 is 6.09 Å². The molecule has 0 saturated carbocycles. The molecule has 0 aromatic carbocycles. The quantitative estimate of drug-likeness (QED) is 0.859. The van der Waals surface area contributed by atoms with E-state index in [4.69, 9.17) is 9.47 Å². The third kappa shape index (κ3) is 5.91. The normalized spacial score (nSPS) is 18.8. The maximum Gasteiger partial charge on any atom is 0.408 e. The first-order valence-corrected chi connectivity index (χ1v) is 7.60. The lowest BCUT2D eigenvalue weighted by atomic mass is 9.98. The molecule has 2 amide bonds. The van der Waals surface area contributed by atoms with Crippen molar-refractivity contribution in [1.82, 2.24) is 10.2 Å². The highest BCUT2D eigenvalue weighted by Gasteiger charge is 2.32. The molecule has 21 heavy (non-hydrogen) atoms. The predicted molar refractivity (Wildman–Crippen MR) is 80.0 cm³/mol. The number of nitrogens with zero attached hydrogens (tertiary/aromatic N) is 1. The first-order chi connectivity index (χ1) is 9.74. The van der Waals surface area contributed by atoms with Crippen molar-refractivity contribution in [2.24, 2.45) is 5.92 Å². The molecule has 6 nitrogen and oxygen atoms in total. The van der Waals surface area contributed by atoms with Gasteiger partial charge in [-0.1, -0.05) is 20.3 Å². The number of carbonyl (C=O) groups is 2. The second-order valence-corrected chi connectivity index (χ2v) is 6.45. The van der Waals surface area contributed by atoms with Crippen molar-refractivity contribution in [1.29, 1.82) is 0 Å². The molecule has 0 aromatic rings. The maximum absolute atomic E-state index is 12.6. The van der Waals surface area contributed by atoms with Gasteiger partial charge in [0.25, 0.3) is 0 Å². The van der Waals surface area contributed by atoms with Gasteiger partial charge in [0.05, 0.1) is 13.2 Å². The Balaban J connectivity index is 2.70. The molecule has 1 aliphatic rings. The molecule has 6 heteroatoms. The summed E-state index contributed by atoms with van der Waals surface area (Å²) in [6.07, 6.45) is 0.255. The van der Waals surface area contributed by atoms with Gasteiger partial charge in [0.2, 0.25) is 5.91 Å². The maximum atomic E-state index is 12.6. The molecule has 1 aliphatic heterocycles. The largest absolute Gasteiger partial charge is 0.444 e. The lowest BCUT2D eigenvalue weighted by molar-refractivity contribution is -0.138. The van der Waals surface area contributed by atoms with Crippen molar-refractivity contribution in [3.05, 3.63) is 0 Å². The van der Waals surface area contributed by atoms with Crippen molar-refractivity contribution in [3.63, 3.8) is 0 Å². The van der Waals surface area contributed by atoms with E-state index in [2.05, 4.69) is 5.32 Å². The zero-order chi connectivity index (χ0) is 16.0. The third-order valence-electron chi connectivity index (χ3n) is 3.47. The number of ether oxygens (including phenoxy) is 2. The number of alkyl carbamates (subject to hydrolysis) is 1. The number of morpholine rings is 1. The number of carbonyl (C=O) groups excluding carboxylic acids is 2. The zero-order valence-electron chi connectivity index (χ0n) is 13.8. The Morgan fingerprint density at radius 3 is 2.33 bits per heavy atom. The average Bonchev–Trinajstić information content (AvgIpc) is 2.42. The van der Waals surface area contributed by atoms with Crippen LogP contribution in [0.2, 0.25) is 0 Å². The SMILES string of the molecule is CCC(C)[C@H](NC(=O)OC(C)(C)C)C(=O)N1CCOCC1. The number of nitrogens with one attached hydrogen (secondary N) is 1. The van der Waals surface area contributed by atoms with Crippen molar-refractivity contribution in [2.75, 3.05) is 26.3 Å². The Labute approximate surface area is 127 Å². The van der Waals surface area contributed by atoms with Crippen molar-refractivity contribution in [3.8, 4) is 0 Å². The van der Waals surface area contributed by atoms with Gasteiger partial charge < -0.3 is 19.7 Å². The minimum absolute atomic E-state index is 0.0489. The molecule has 1 saturated heterocycles. The highest BCUT2D eigenvalue weighted by molar-refractivity contribution is 5.86. The monoisotopic (exact) mass is 300 g/mol. The van der Waals surface area contributed by atoms with Crippen LogP contribution >= 0.6 is 0 Å². The Kier molecular flexibility index (Phi) is 6.45. The molecule has 0 radical (unpaired) electrons. The van der Waals surface area contributed by atoms with Crippen LogP contribution in [-0.4, -0.2) is 54.8 Å². The molecule has 1 unspecified atom stereocenters. The lowest BCUT2D eigenvalue weighted by Gasteiger charge is -2.33. The van der Waals surface area contributed by atoms with E-state index >= 15 is 0 Å². The van der Waals surface area contributed by atoms with Crippen LogP contribution in [-0.2, 0) is 14.3 Å². The Morgan fingerprint density at radius 1 is 1.29 bits per heavy atom. The molecule has 1 rings (SSSR count). The minimum Gasteiger partial charge on any atom is -0.444 e. The standard InChI is InChI=1S/C15H28N2O4/c1-6-11(2)12(16-14(19)21-15(3,4)5)13(18)17-7-9-20-10-8-17/h11-12H,6-10H2,1-5H3,(H,16,19)/t11?,12-/m0/s1. The first kappa shape index (κ1) is 17.8. The predicted octanol–water partition coefficient (Wildman–Crippen LogP) is 1.78. The fourth-order valence-electron chi connectivity index (χ4n) is 2.10. The van der Waals surface area contributed by atoms with Crippen molar-refractivity contribution in [2.45, 2.75) is 52.7 Å². The van der Waals surface area contributed by atoms with Gasteiger partial charge in [0.1, 0.15) is 11.6 Å². The molecule has 0 aromatic heterocycles. The molecule has 2 atom stereocenters. The second-order valence-electron chi connectivity index (χ2n) is 6.45. The average molecular weight is 300 g/mol. The number of rotatable bonds is 4. The summed E-state index contributed by atoms with van der Waals surface area (Å²) >= 11 is 0. The molecule has 1 N–H and O–H groups in total. The zero-order valence-corrected chi connectivity index (χ0v) is 13.8. The van der Waals surface area contributed by atoms with Gasteiger partial charge in [-0.05, 0) is 26.7 Å². The van der Waals surface area contributed by atoms with E-state index in [1.807, 2.05) is 13.8 Å². The molecule has 0 aliphatic carbocycles. The summed E-state index contributed by atoms with van der Waals surface area (Å²) < 4.78 is 10.5. The van der Waals surface area contributed by atoms with E-state index in [9.17, 15) is 9.59 Å². The first-order valence-electron chi connectivity index (χ1n) is 7.60. The summed E-state index contributed by atoms with van der Waals surface area (Å²) in [6.45, 7) is 11.6. The summed E-state index contributed by atoms with van der Waals surface area (Å²) in [5, 5.41) is 2.73. The summed E-state index contributed by atoms with van der Waals surface area (Å²) in [5.74, 6) is -0.00799.